The van der Waals surface area contributed by atoms with Gasteiger partial charge in [-0.15, -0.1) is 0 Å². The van der Waals surface area contributed by atoms with E-state index in [4.69, 9.17) is 9.84 Å². The minimum atomic E-state index is -0.212. The van der Waals surface area contributed by atoms with Crippen LogP contribution < -0.4 is 10.1 Å². The summed E-state index contributed by atoms with van der Waals surface area (Å²) in [6.45, 7) is 2.35. The van der Waals surface area contributed by atoms with Crippen molar-refractivity contribution in [1.29, 1.82) is 0 Å². The maximum absolute atomic E-state index is 11.8. The summed E-state index contributed by atoms with van der Waals surface area (Å²) in [6.07, 6.45) is 11.6. The molecule has 0 bridgehead atoms. The molecule has 0 saturated heterocycles. The molecule has 0 aromatic heterocycles. The van der Waals surface area contributed by atoms with Crippen LogP contribution >= 0.6 is 0 Å². The van der Waals surface area contributed by atoms with Crippen molar-refractivity contribution in [3.63, 3.8) is 0 Å². The highest BCUT2D eigenvalue weighted by Gasteiger charge is 2.36. The number of hydrogen-bond acceptors (Lipinski definition) is 4. The number of carbonyl (C=O) groups is 1. The molecule has 5 nitrogen and oxygen atoms in total. The van der Waals surface area contributed by atoms with Gasteiger partial charge in [0, 0.05) is 6.54 Å². The van der Waals surface area contributed by atoms with Crippen molar-refractivity contribution in [1.82, 2.24) is 5.32 Å². The number of allylic oxidation sites excluding steroid dienone is 1. The number of unbranched alkanes of at least 4 members (excludes halogenated alkanes) is 2. The largest absolute Gasteiger partial charge is 0.483 e. The Morgan fingerprint density at radius 3 is 3.00 bits per heavy atom. The molecule has 1 saturated carbocycles. The van der Waals surface area contributed by atoms with Crippen LogP contribution in [0.1, 0.15) is 63.0 Å². The first-order valence-corrected chi connectivity index (χ1v) is 11.6. The summed E-state index contributed by atoms with van der Waals surface area (Å²) in [7, 11) is 0. The highest BCUT2D eigenvalue weighted by Crippen LogP contribution is 2.46. The number of aliphatic hydroxyl groups is 2. The predicted octanol–water partition coefficient (Wildman–Crippen LogP) is 3.56. The molecule has 3 unspecified atom stereocenters. The number of amides is 1. The maximum atomic E-state index is 11.8. The van der Waals surface area contributed by atoms with Crippen molar-refractivity contribution in [2.45, 2.75) is 70.8 Å². The van der Waals surface area contributed by atoms with Crippen LogP contribution in [0, 0.1) is 11.8 Å². The number of aliphatic hydroxyl groups excluding tert-OH is 2. The zero-order chi connectivity index (χ0) is 21.3. The topological polar surface area (TPSA) is 78.8 Å². The van der Waals surface area contributed by atoms with Crippen molar-refractivity contribution in [2.75, 3.05) is 19.8 Å². The fourth-order valence-corrected chi connectivity index (χ4v) is 4.93. The first-order valence-electron chi connectivity index (χ1n) is 11.6. The Labute approximate surface area is 180 Å². The number of ether oxygens (including phenoxy) is 1. The molecule has 0 radical (unpaired) electrons. The lowest BCUT2D eigenvalue weighted by Gasteiger charge is -2.30. The van der Waals surface area contributed by atoms with E-state index < -0.39 is 0 Å². The van der Waals surface area contributed by atoms with E-state index in [0.717, 1.165) is 44.3 Å². The second kappa shape index (κ2) is 11.5. The van der Waals surface area contributed by atoms with E-state index in [0.29, 0.717) is 11.8 Å². The molecule has 1 aromatic carbocycles. The van der Waals surface area contributed by atoms with Crippen LogP contribution in [-0.2, 0) is 17.6 Å². The van der Waals surface area contributed by atoms with E-state index in [1.165, 1.54) is 36.0 Å². The smallest absolute Gasteiger partial charge is 0.258 e. The number of rotatable bonds is 11. The lowest BCUT2D eigenvalue weighted by atomic mass is 9.76. The van der Waals surface area contributed by atoms with Crippen molar-refractivity contribution in [3.05, 3.63) is 41.0 Å². The predicted molar refractivity (Wildman–Crippen MR) is 119 cm³/mol. The molecule has 2 aliphatic rings. The number of benzene rings is 1. The Hall–Kier alpha value is -1.85. The van der Waals surface area contributed by atoms with Crippen LogP contribution in [-0.4, -0.2) is 42.0 Å². The van der Waals surface area contributed by atoms with E-state index in [1.807, 2.05) is 12.1 Å². The third kappa shape index (κ3) is 6.08. The molecule has 166 valence electrons. The molecule has 3 atom stereocenters. The van der Waals surface area contributed by atoms with Gasteiger partial charge < -0.3 is 20.3 Å². The van der Waals surface area contributed by atoms with Gasteiger partial charge in [-0.1, -0.05) is 50.0 Å². The molecular weight excluding hydrogens is 378 g/mol. The van der Waals surface area contributed by atoms with Gasteiger partial charge in [-0.05, 0) is 67.6 Å². The quantitative estimate of drug-likeness (QED) is 0.381. The summed E-state index contributed by atoms with van der Waals surface area (Å²) in [5, 5.41) is 21.7. The third-order valence-electron chi connectivity index (χ3n) is 6.57. The highest BCUT2D eigenvalue weighted by atomic mass is 16.5. The maximum Gasteiger partial charge on any atom is 0.258 e. The molecule has 0 heterocycles. The monoisotopic (exact) mass is 415 g/mol. The van der Waals surface area contributed by atoms with E-state index in [2.05, 4.69) is 24.4 Å². The van der Waals surface area contributed by atoms with Crippen molar-refractivity contribution < 1.29 is 19.7 Å². The minimum absolute atomic E-state index is 0.0222. The molecule has 0 aliphatic heterocycles. The fourth-order valence-electron chi connectivity index (χ4n) is 4.93. The number of carbonyl (C=O) groups excluding carboxylic acids is 1. The fraction of sp³-hybridized carbons (Fsp3) is 0.640. The second-order valence-corrected chi connectivity index (χ2v) is 8.73. The van der Waals surface area contributed by atoms with Gasteiger partial charge in [0.05, 0.1) is 12.7 Å². The summed E-state index contributed by atoms with van der Waals surface area (Å²) in [5.74, 6) is 1.80. The molecule has 3 rings (SSSR count). The zero-order valence-corrected chi connectivity index (χ0v) is 18.2. The van der Waals surface area contributed by atoms with Gasteiger partial charge in [-0.2, -0.15) is 0 Å². The van der Waals surface area contributed by atoms with Gasteiger partial charge in [-0.3, -0.25) is 4.79 Å². The first kappa shape index (κ1) is 22.8. The van der Waals surface area contributed by atoms with E-state index >= 15 is 0 Å². The van der Waals surface area contributed by atoms with Gasteiger partial charge in [0.25, 0.3) is 5.91 Å². The Kier molecular flexibility index (Phi) is 8.76. The summed E-state index contributed by atoms with van der Waals surface area (Å²) in [5.41, 5.74) is 4.09. The molecule has 0 spiro atoms. The molecule has 1 amide bonds. The van der Waals surface area contributed by atoms with Crippen LogP contribution in [0.2, 0.25) is 0 Å². The average molecular weight is 416 g/mol. The lowest BCUT2D eigenvalue weighted by Crippen LogP contribution is -2.31. The number of fused-ring (bicyclic) bond motifs is 2. The summed E-state index contributed by atoms with van der Waals surface area (Å²) >= 11 is 0. The van der Waals surface area contributed by atoms with E-state index in [1.54, 1.807) is 0 Å². The standard InChI is InChI=1S/C25H37NO4/c1-2-3-4-7-21(28)12-11-18-9-10-20-16-23-19(15-22(18)20)6-5-8-24(23)30-17-25(29)26-13-14-27/h5-6,8,11,20-22,27-28H,2-4,7,9-10,12-17H2,1H3,(H,26,29)/b18-11+. The molecule has 30 heavy (non-hydrogen) atoms. The van der Waals surface area contributed by atoms with Crippen LogP contribution in [0.25, 0.3) is 0 Å². The van der Waals surface area contributed by atoms with Crippen LogP contribution in [0.4, 0.5) is 0 Å². The number of hydrogen-bond donors (Lipinski definition) is 3. The van der Waals surface area contributed by atoms with E-state index in [-0.39, 0.29) is 31.8 Å². The molecular formula is C25H37NO4. The molecule has 2 aliphatic carbocycles. The van der Waals surface area contributed by atoms with Crippen LogP contribution in [0.15, 0.2) is 29.8 Å². The summed E-state index contributed by atoms with van der Waals surface area (Å²) < 4.78 is 5.82. The van der Waals surface area contributed by atoms with Gasteiger partial charge in [-0.25, -0.2) is 0 Å². The van der Waals surface area contributed by atoms with Gasteiger partial charge in [0.1, 0.15) is 5.75 Å². The van der Waals surface area contributed by atoms with E-state index in [9.17, 15) is 9.90 Å². The van der Waals surface area contributed by atoms with Gasteiger partial charge in [0.2, 0.25) is 0 Å². The Morgan fingerprint density at radius 1 is 1.33 bits per heavy atom. The van der Waals surface area contributed by atoms with Gasteiger partial charge >= 0.3 is 0 Å². The Morgan fingerprint density at radius 2 is 2.20 bits per heavy atom. The van der Waals surface area contributed by atoms with Crippen molar-refractivity contribution in [3.8, 4) is 5.75 Å². The van der Waals surface area contributed by atoms with Crippen LogP contribution in [0.3, 0.4) is 0 Å². The van der Waals surface area contributed by atoms with Crippen molar-refractivity contribution in [2.24, 2.45) is 11.8 Å². The zero-order valence-electron chi connectivity index (χ0n) is 18.2. The highest BCUT2D eigenvalue weighted by molar-refractivity contribution is 5.77. The molecule has 5 heteroatoms. The lowest BCUT2D eigenvalue weighted by molar-refractivity contribution is -0.123. The third-order valence-corrected chi connectivity index (χ3v) is 6.57. The average Bonchev–Trinajstić information content (AvgIpc) is 3.15. The molecule has 1 fully saturated rings. The summed E-state index contributed by atoms with van der Waals surface area (Å²) in [4.78, 5) is 11.8. The van der Waals surface area contributed by atoms with Gasteiger partial charge in [0.15, 0.2) is 6.61 Å². The Balaban J connectivity index is 1.59. The van der Waals surface area contributed by atoms with Crippen LogP contribution in [0.5, 0.6) is 5.75 Å². The summed E-state index contributed by atoms with van der Waals surface area (Å²) in [6, 6.07) is 6.15. The normalized spacial score (nSPS) is 22.4. The molecule has 1 aromatic rings. The molecule has 3 N–H and O–H groups in total. The SMILES string of the molecule is CCCCCC(O)C/C=C1\CCC2Cc3c(cccc3OCC(=O)NCCO)CC12. The van der Waals surface area contributed by atoms with Crippen molar-refractivity contribution >= 4 is 5.91 Å². The first-order chi connectivity index (χ1) is 14.6. The minimum Gasteiger partial charge on any atom is -0.483 e. The number of nitrogens with one attached hydrogen (secondary N) is 1. The second-order valence-electron chi connectivity index (χ2n) is 8.73. The Bertz CT molecular complexity index is 730.